The van der Waals surface area contributed by atoms with E-state index < -0.39 is 9.84 Å². The Morgan fingerprint density at radius 3 is 2.44 bits per heavy atom. The molecule has 104 valence electrons. The highest BCUT2D eigenvalue weighted by Crippen LogP contribution is 2.36. The van der Waals surface area contributed by atoms with Crippen LogP contribution < -0.4 is 10.6 Å². The fourth-order valence-electron chi connectivity index (χ4n) is 1.78. The van der Waals surface area contributed by atoms with Crippen molar-refractivity contribution in [3.05, 3.63) is 0 Å². The summed E-state index contributed by atoms with van der Waals surface area (Å²) < 4.78 is 28.2. The Kier molecular flexibility index (Phi) is 4.98. The molecule has 0 aromatic carbocycles. The van der Waals surface area contributed by atoms with E-state index in [0.717, 1.165) is 13.0 Å². The molecule has 1 heterocycles. The molecular formula is C11H21N3O2S2. The summed E-state index contributed by atoms with van der Waals surface area (Å²) in [6.45, 7) is 8.51. The van der Waals surface area contributed by atoms with E-state index in [1.165, 1.54) is 11.5 Å². The number of nitrogens with zero attached hydrogens (tertiary/aromatic N) is 2. The first kappa shape index (κ1) is 15.2. The van der Waals surface area contributed by atoms with Gasteiger partial charge in [0.15, 0.2) is 15.7 Å². The third-order valence-corrected chi connectivity index (χ3v) is 5.89. The average Bonchev–Trinajstić information content (AvgIpc) is 2.72. The zero-order valence-corrected chi connectivity index (χ0v) is 12.9. The number of rotatable bonds is 6. The minimum Gasteiger partial charge on any atom is -0.382 e. The number of nitrogens with two attached hydrogens (primary N) is 1. The second-order valence-corrected chi connectivity index (χ2v) is 7.12. The van der Waals surface area contributed by atoms with Crippen molar-refractivity contribution in [2.45, 2.75) is 45.1 Å². The molecule has 1 rings (SSSR count). The average molecular weight is 291 g/mol. The Morgan fingerprint density at radius 2 is 2.00 bits per heavy atom. The van der Waals surface area contributed by atoms with Crippen molar-refractivity contribution >= 4 is 32.2 Å². The van der Waals surface area contributed by atoms with Crippen LogP contribution in [0.4, 0.5) is 10.8 Å². The molecule has 0 fully saturated rings. The highest BCUT2D eigenvalue weighted by atomic mass is 32.2. The Hall–Kier alpha value is -0.820. The van der Waals surface area contributed by atoms with Gasteiger partial charge in [-0.1, -0.05) is 13.8 Å². The van der Waals surface area contributed by atoms with Gasteiger partial charge in [-0.25, -0.2) is 8.42 Å². The van der Waals surface area contributed by atoms with Gasteiger partial charge >= 0.3 is 0 Å². The summed E-state index contributed by atoms with van der Waals surface area (Å²) in [4.78, 5) is 2.26. The molecule has 1 atom stereocenters. The van der Waals surface area contributed by atoms with E-state index in [4.69, 9.17) is 5.73 Å². The van der Waals surface area contributed by atoms with E-state index in [0.29, 0.717) is 5.00 Å². The molecule has 0 saturated heterocycles. The van der Waals surface area contributed by atoms with Gasteiger partial charge in [-0.2, -0.15) is 4.37 Å². The van der Waals surface area contributed by atoms with Gasteiger partial charge in [0.05, 0.1) is 5.75 Å². The van der Waals surface area contributed by atoms with Crippen LogP contribution in [-0.2, 0) is 9.84 Å². The van der Waals surface area contributed by atoms with Crippen molar-refractivity contribution in [2.75, 3.05) is 22.9 Å². The molecule has 0 radical (unpaired) electrons. The van der Waals surface area contributed by atoms with Crippen LogP contribution in [0.2, 0.25) is 0 Å². The molecule has 1 aromatic heterocycles. The van der Waals surface area contributed by atoms with Gasteiger partial charge in [-0.15, -0.1) is 0 Å². The number of anilines is 2. The lowest BCUT2D eigenvalue weighted by Gasteiger charge is -2.28. The first-order valence-electron chi connectivity index (χ1n) is 6.13. The Morgan fingerprint density at radius 1 is 1.39 bits per heavy atom. The fraction of sp³-hybridized carbons (Fsp3) is 0.727. The topological polar surface area (TPSA) is 76.3 Å². The van der Waals surface area contributed by atoms with Crippen LogP contribution in [0.5, 0.6) is 0 Å². The molecule has 0 aliphatic rings. The smallest absolute Gasteiger partial charge is 0.184 e. The monoisotopic (exact) mass is 291 g/mol. The maximum atomic E-state index is 12.1. The first-order chi connectivity index (χ1) is 8.38. The van der Waals surface area contributed by atoms with Crippen LogP contribution in [0.25, 0.3) is 0 Å². The van der Waals surface area contributed by atoms with Gasteiger partial charge < -0.3 is 10.6 Å². The van der Waals surface area contributed by atoms with E-state index in [2.05, 4.69) is 23.1 Å². The summed E-state index contributed by atoms with van der Waals surface area (Å²) in [5.41, 5.74) is 5.73. The summed E-state index contributed by atoms with van der Waals surface area (Å²) in [5.74, 6) is 0.166. The number of aromatic nitrogens is 1. The zero-order valence-electron chi connectivity index (χ0n) is 11.3. The molecule has 18 heavy (non-hydrogen) atoms. The van der Waals surface area contributed by atoms with E-state index in [1.54, 1.807) is 6.92 Å². The Balaban J connectivity index is 3.34. The van der Waals surface area contributed by atoms with Crippen molar-refractivity contribution in [2.24, 2.45) is 0 Å². The number of hydrogen-bond donors (Lipinski definition) is 1. The maximum absolute atomic E-state index is 12.1. The van der Waals surface area contributed by atoms with Gasteiger partial charge in [0.2, 0.25) is 0 Å². The van der Waals surface area contributed by atoms with Gasteiger partial charge in [-0.3, -0.25) is 0 Å². The van der Waals surface area contributed by atoms with Gasteiger partial charge in [0.25, 0.3) is 0 Å². The number of sulfone groups is 1. The van der Waals surface area contributed by atoms with Crippen LogP contribution >= 0.6 is 11.5 Å². The molecule has 0 amide bonds. The summed E-state index contributed by atoms with van der Waals surface area (Å²) in [6.07, 6.45) is 0.942. The van der Waals surface area contributed by atoms with Crippen LogP contribution in [-0.4, -0.2) is 31.1 Å². The SMILES string of the molecule is CCC(C)N(CC)c1snc(N)c1S(=O)(=O)CC. The lowest BCUT2D eigenvalue weighted by Crippen LogP contribution is -2.32. The van der Waals surface area contributed by atoms with Gasteiger partial charge in [0, 0.05) is 12.6 Å². The number of hydrogen-bond acceptors (Lipinski definition) is 6. The van der Waals surface area contributed by atoms with Crippen molar-refractivity contribution in [3.63, 3.8) is 0 Å². The molecule has 7 heteroatoms. The molecule has 0 aliphatic carbocycles. The fourth-order valence-corrected chi connectivity index (χ4v) is 4.24. The molecule has 2 N–H and O–H groups in total. The quantitative estimate of drug-likeness (QED) is 0.869. The van der Waals surface area contributed by atoms with Crippen LogP contribution in [0.1, 0.15) is 34.1 Å². The normalized spacial score (nSPS) is 13.6. The largest absolute Gasteiger partial charge is 0.382 e. The molecule has 0 saturated carbocycles. The molecule has 0 spiro atoms. The van der Waals surface area contributed by atoms with E-state index in [1.807, 2.05) is 6.92 Å². The second-order valence-electron chi connectivity index (χ2n) is 4.15. The highest BCUT2D eigenvalue weighted by Gasteiger charge is 2.28. The van der Waals surface area contributed by atoms with E-state index >= 15 is 0 Å². The molecule has 5 nitrogen and oxygen atoms in total. The molecule has 0 bridgehead atoms. The maximum Gasteiger partial charge on any atom is 0.184 e. The second kappa shape index (κ2) is 5.88. The highest BCUT2D eigenvalue weighted by molar-refractivity contribution is 7.91. The molecule has 1 aromatic rings. The zero-order chi connectivity index (χ0) is 13.9. The minimum atomic E-state index is -3.33. The lowest BCUT2D eigenvalue weighted by atomic mass is 10.2. The third-order valence-electron chi connectivity index (χ3n) is 3.07. The van der Waals surface area contributed by atoms with Gasteiger partial charge in [0.1, 0.15) is 9.90 Å². The molecule has 0 aliphatic heterocycles. The van der Waals surface area contributed by atoms with Gasteiger partial charge in [-0.05, 0) is 31.8 Å². The van der Waals surface area contributed by atoms with Crippen LogP contribution in [0.15, 0.2) is 4.90 Å². The summed E-state index contributed by atoms with van der Waals surface area (Å²) in [7, 11) is -3.33. The number of nitrogen functional groups attached to an aromatic ring is 1. The summed E-state index contributed by atoms with van der Waals surface area (Å²) in [5, 5.41) is 0.672. The summed E-state index contributed by atoms with van der Waals surface area (Å²) >= 11 is 1.17. The molecule has 1 unspecified atom stereocenters. The first-order valence-corrected chi connectivity index (χ1v) is 8.56. The van der Waals surface area contributed by atoms with Crippen molar-refractivity contribution in [1.29, 1.82) is 0 Å². The lowest BCUT2D eigenvalue weighted by molar-refractivity contribution is 0.594. The Labute approximate surface area is 113 Å². The van der Waals surface area contributed by atoms with Crippen molar-refractivity contribution in [1.82, 2.24) is 4.37 Å². The predicted octanol–water partition coefficient (Wildman–Crippen LogP) is 2.14. The van der Waals surface area contributed by atoms with Crippen LogP contribution in [0, 0.1) is 0 Å². The van der Waals surface area contributed by atoms with Crippen molar-refractivity contribution < 1.29 is 8.42 Å². The standard InChI is InChI=1S/C11H21N3O2S2/c1-5-8(4)14(6-2)11-9(10(12)13-17-11)18(15,16)7-3/h8H,5-7H2,1-4H3,(H2,12,13). The third kappa shape index (κ3) is 2.77. The van der Waals surface area contributed by atoms with E-state index in [-0.39, 0.29) is 22.5 Å². The minimum absolute atomic E-state index is 0.0423. The van der Waals surface area contributed by atoms with Crippen molar-refractivity contribution in [3.8, 4) is 0 Å². The van der Waals surface area contributed by atoms with E-state index in [9.17, 15) is 8.42 Å². The van der Waals surface area contributed by atoms with Crippen LogP contribution in [0.3, 0.4) is 0 Å². The summed E-state index contributed by atoms with van der Waals surface area (Å²) in [6, 6.07) is 0.264. The predicted molar refractivity (Wildman–Crippen MR) is 77.0 cm³/mol. The Bertz CT molecular complexity index is 496. The molecular weight excluding hydrogens is 270 g/mol.